The molecule has 1 heterocycles. The van der Waals surface area contributed by atoms with Crippen molar-refractivity contribution in [3.05, 3.63) is 46.6 Å². The highest BCUT2D eigenvalue weighted by atomic mass is 16.5. The zero-order chi connectivity index (χ0) is 31.1. The van der Waals surface area contributed by atoms with E-state index in [1.165, 1.54) is 0 Å². The van der Waals surface area contributed by atoms with Gasteiger partial charge in [0.05, 0.1) is 13.1 Å². The first-order chi connectivity index (χ1) is 19.6. The highest BCUT2D eigenvalue weighted by Gasteiger charge is 2.70. The Morgan fingerprint density at radius 3 is 2.45 bits per heavy atom. The van der Waals surface area contributed by atoms with Crippen molar-refractivity contribution in [1.29, 1.82) is 0 Å². The molecule has 2 N–H and O–H groups in total. The quantitative estimate of drug-likeness (QED) is 0.416. The predicted molar refractivity (Wildman–Crippen MR) is 153 cm³/mol. The lowest BCUT2D eigenvalue weighted by atomic mass is 9.34. The van der Waals surface area contributed by atoms with E-state index in [-0.39, 0.29) is 63.2 Å². The first-order valence-corrected chi connectivity index (χ1v) is 15.0. The Morgan fingerprint density at radius 1 is 1.10 bits per heavy atom. The van der Waals surface area contributed by atoms with Gasteiger partial charge in [0.15, 0.2) is 17.4 Å². The topological polar surface area (TPSA) is 103 Å². The molecule has 40 heavy (non-hydrogen) atoms. The zero-order valence-electron chi connectivity index (χ0n) is 27.2. The Labute approximate surface area is 241 Å². The lowest BCUT2D eigenvalue weighted by Gasteiger charge is -2.69. The first-order valence-electron chi connectivity index (χ1n) is 16.0. The molecule has 0 aliphatic heterocycles. The summed E-state index contributed by atoms with van der Waals surface area (Å²) in [5.41, 5.74) is 5.36. The molecule has 6 rings (SSSR count). The monoisotopic (exact) mass is 550 g/mol. The summed E-state index contributed by atoms with van der Waals surface area (Å²) >= 11 is 0. The molecule has 3 fully saturated rings. The number of carbonyl (C=O) groups is 2. The second-order valence-corrected chi connectivity index (χ2v) is 15.6. The van der Waals surface area contributed by atoms with Gasteiger partial charge in [-0.2, -0.15) is 4.98 Å². The maximum Gasteiger partial charge on any atom is 0.240 e. The number of hydrogen-bond donors (Lipinski definition) is 1. The Morgan fingerprint density at radius 2 is 1.80 bits per heavy atom. The molecule has 1 aromatic rings. The van der Waals surface area contributed by atoms with Gasteiger partial charge in [-0.15, -0.1) is 0 Å². The third-order valence-corrected chi connectivity index (χ3v) is 12.9. The molecule has 0 amide bonds. The van der Waals surface area contributed by atoms with Crippen LogP contribution in [0.1, 0.15) is 108 Å². The molecular weight excluding hydrogens is 500 g/mol. The van der Waals surface area contributed by atoms with Gasteiger partial charge in [-0.3, -0.25) is 4.79 Å². The highest BCUT2D eigenvalue weighted by molar-refractivity contribution is 6.03. The van der Waals surface area contributed by atoms with Gasteiger partial charge in [0.1, 0.15) is 0 Å². The normalized spacial score (nSPS) is 43.5. The fourth-order valence-corrected chi connectivity index (χ4v) is 10.5. The fourth-order valence-electron chi connectivity index (χ4n) is 10.5. The number of Topliss-reactive ketones (excluding diaryl/α,β-unsaturated/α-hetero) is 1. The van der Waals surface area contributed by atoms with Crippen molar-refractivity contribution < 1.29 is 17.1 Å². The highest BCUT2D eigenvalue weighted by Crippen LogP contribution is 2.74. The number of hydrogen-bond acceptors (Lipinski definition) is 6. The van der Waals surface area contributed by atoms with Crippen LogP contribution in [0.15, 0.2) is 27.9 Å². The van der Waals surface area contributed by atoms with Crippen molar-refractivity contribution in [3.63, 3.8) is 0 Å². The van der Waals surface area contributed by atoms with E-state index in [1.807, 2.05) is 26.0 Å². The summed E-state index contributed by atoms with van der Waals surface area (Å²) in [7, 11) is 0. The molecule has 5 aliphatic rings. The van der Waals surface area contributed by atoms with Gasteiger partial charge in [0.2, 0.25) is 11.6 Å². The summed E-state index contributed by atoms with van der Waals surface area (Å²) in [6, 6.07) is 0. The number of fused-ring (bicyclic) bond motifs is 7. The van der Waals surface area contributed by atoms with Gasteiger partial charge in [0.25, 0.3) is 0 Å². The molecule has 7 atom stereocenters. The number of allylic oxidation sites excluding steroid dienone is 4. The molecule has 216 valence electrons. The molecular formula is C33H46N4O3. The van der Waals surface area contributed by atoms with Crippen molar-refractivity contribution >= 4 is 11.6 Å². The predicted octanol–water partition coefficient (Wildman–Crippen LogP) is 6.60. The Kier molecular flexibility index (Phi) is 5.42. The molecule has 0 aromatic carbocycles. The van der Waals surface area contributed by atoms with Crippen LogP contribution in [0, 0.1) is 51.4 Å². The molecule has 3 saturated carbocycles. The standard InChI is InChI=1S/C33H44N4O3.H2/c1-28(2)11-13-33(27-36-24(18-34)40-37-27)14-12-32(7)25(19(33)16-28)21(38)15-23-30(5)17-20(35-8)26(39)29(3,4)22(30)9-10-31(23,32)6;/h15,17,19,22,25H,9-14,16,18,34H2,1-7H3;1H/t19-,22-,25-,30-,31+,32+,33-;/m0./s1/i;1+2T. The van der Waals surface area contributed by atoms with Crippen LogP contribution in [0.3, 0.4) is 0 Å². The molecule has 0 bridgehead atoms. The third-order valence-electron chi connectivity index (χ3n) is 12.9. The summed E-state index contributed by atoms with van der Waals surface area (Å²) in [6.45, 7) is 23.5. The number of carbonyl (C=O) groups excluding carboxylic acids is 2. The molecule has 5 aliphatic carbocycles. The van der Waals surface area contributed by atoms with Gasteiger partial charge >= 0.3 is 0 Å². The van der Waals surface area contributed by atoms with Crippen molar-refractivity contribution in [3.8, 4) is 0 Å². The van der Waals surface area contributed by atoms with Gasteiger partial charge in [-0.1, -0.05) is 65.3 Å². The van der Waals surface area contributed by atoms with Crippen molar-refractivity contribution in [1.82, 2.24) is 10.1 Å². The number of ketones is 2. The smallest absolute Gasteiger partial charge is 0.240 e. The van der Waals surface area contributed by atoms with Gasteiger partial charge < -0.3 is 15.1 Å². The van der Waals surface area contributed by atoms with Crippen LogP contribution in [0.4, 0.5) is 0 Å². The molecule has 0 spiro atoms. The summed E-state index contributed by atoms with van der Waals surface area (Å²) in [6.07, 6.45) is 10.4. The molecule has 1 aromatic heterocycles. The van der Waals surface area contributed by atoms with Crippen LogP contribution < -0.4 is 5.73 Å². The van der Waals surface area contributed by atoms with Crippen molar-refractivity contribution in [2.45, 2.75) is 105 Å². The van der Waals surface area contributed by atoms with Crippen LogP contribution in [0.25, 0.3) is 4.85 Å². The Hall–Kier alpha value is -2.59. The van der Waals surface area contributed by atoms with Gasteiger partial charge in [0, 0.05) is 25.1 Å². The SMILES string of the molecule is [3H][3H].[C-]#[N+]C1=C[C@]2(C)C3=CC(=O)[C@@H]4[C@@H]5CC(C)(C)CC[C@]5(c5noc(CN)n5)CC[C@@]4(C)[C@]3(C)CC[C@H]2C(C)(C)C1=O. The Balaban J connectivity index is 0.00000173. The lowest BCUT2D eigenvalue weighted by Crippen LogP contribution is -2.65. The zero-order valence-corrected chi connectivity index (χ0v) is 25.2. The van der Waals surface area contributed by atoms with Gasteiger partial charge in [-0.05, 0) is 79.1 Å². The summed E-state index contributed by atoms with van der Waals surface area (Å²) < 4.78 is 15.5. The number of nitrogens with two attached hydrogens (primary N) is 1. The van der Waals surface area contributed by atoms with E-state index in [0.717, 1.165) is 56.3 Å². The van der Waals surface area contributed by atoms with E-state index in [1.54, 1.807) is 0 Å². The van der Waals surface area contributed by atoms with Crippen LogP contribution in [0.2, 0.25) is 0 Å². The number of aromatic nitrogens is 2. The minimum Gasteiger partial charge on any atom is -0.338 e. The molecule has 0 saturated heterocycles. The van der Waals surface area contributed by atoms with E-state index in [4.69, 9.17) is 24.8 Å². The van der Waals surface area contributed by atoms with Gasteiger partial charge in [-0.25, -0.2) is 4.85 Å². The molecule has 7 heteroatoms. The van der Waals surface area contributed by atoms with Crippen LogP contribution in [-0.4, -0.2) is 21.7 Å². The average Bonchev–Trinajstić information content (AvgIpc) is 3.43. The van der Waals surface area contributed by atoms with E-state index >= 15 is 0 Å². The van der Waals surface area contributed by atoms with E-state index in [9.17, 15) is 9.59 Å². The summed E-state index contributed by atoms with van der Waals surface area (Å²) in [4.78, 5) is 36.3. The number of rotatable bonds is 2. The van der Waals surface area contributed by atoms with E-state index in [2.05, 4.69) is 44.6 Å². The molecule has 0 unspecified atom stereocenters. The first kappa shape index (κ1) is 26.3. The van der Waals surface area contributed by atoms with E-state index in [0.29, 0.717) is 5.89 Å². The second-order valence-electron chi connectivity index (χ2n) is 15.6. The molecule has 7 nitrogen and oxygen atoms in total. The molecule has 0 radical (unpaired) electrons. The maximum atomic E-state index is 14.6. The van der Waals surface area contributed by atoms with E-state index < -0.39 is 10.8 Å². The van der Waals surface area contributed by atoms with Crippen molar-refractivity contribution in [2.75, 3.05) is 0 Å². The second kappa shape index (κ2) is 8.25. The minimum absolute atomic E-state index is 0.0515. The van der Waals surface area contributed by atoms with Crippen LogP contribution >= 0.6 is 0 Å². The largest absolute Gasteiger partial charge is 0.338 e. The summed E-state index contributed by atoms with van der Waals surface area (Å²) in [5.74, 6) is 1.31. The Bertz CT molecular complexity index is 1420. The van der Waals surface area contributed by atoms with Crippen LogP contribution in [0.5, 0.6) is 0 Å². The van der Waals surface area contributed by atoms with Crippen LogP contribution in [-0.2, 0) is 21.5 Å². The average molecular weight is 551 g/mol. The maximum absolute atomic E-state index is 14.6. The minimum atomic E-state index is -0.652. The summed E-state index contributed by atoms with van der Waals surface area (Å²) in [5, 5.41) is 4.46. The fraction of sp³-hybridized carbons (Fsp3) is 0.727. The number of nitrogens with zero attached hydrogens (tertiary/aromatic N) is 3. The third kappa shape index (κ3) is 3.26. The van der Waals surface area contributed by atoms with Crippen molar-refractivity contribution in [2.24, 2.45) is 50.6 Å². The lowest BCUT2D eigenvalue weighted by molar-refractivity contribution is -0.160.